The molecule has 0 aliphatic carbocycles. The van der Waals surface area contributed by atoms with Crippen LogP contribution in [0.3, 0.4) is 0 Å². The number of Topliss-reactive ketones (excluding diaryl/α,β-unsaturated/α-hetero) is 1. The summed E-state index contributed by atoms with van der Waals surface area (Å²) in [6.07, 6.45) is 9.38. The van der Waals surface area contributed by atoms with Gasteiger partial charge in [0.2, 0.25) is 0 Å². The first-order chi connectivity index (χ1) is 8.59. The van der Waals surface area contributed by atoms with Crippen molar-refractivity contribution in [3.63, 3.8) is 0 Å². The van der Waals surface area contributed by atoms with E-state index in [-0.39, 0.29) is 5.78 Å². The molecule has 2 nitrogen and oxygen atoms in total. The predicted molar refractivity (Wildman–Crippen MR) is 77.1 cm³/mol. The second-order valence-electron chi connectivity index (χ2n) is 4.23. The molecule has 0 amide bonds. The molecule has 0 radical (unpaired) electrons. The molecule has 1 aromatic carbocycles. The maximum atomic E-state index is 11.5. The molecule has 0 saturated carbocycles. The Kier molecular flexibility index (Phi) is 5.65. The third-order valence-electron chi connectivity index (χ3n) is 2.32. The maximum Gasteiger partial charge on any atom is 0.159 e. The SMILES string of the molecule is CC(=O)C(/C=C/c1ccccc1)=C/C=C/N(C)C. The first-order valence-electron chi connectivity index (χ1n) is 5.88. The Labute approximate surface area is 109 Å². The lowest BCUT2D eigenvalue weighted by Gasteiger charge is -2.01. The molecule has 94 valence electrons. The van der Waals surface area contributed by atoms with Gasteiger partial charge < -0.3 is 4.90 Å². The van der Waals surface area contributed by atoms with Crippen molar-refractivity contribution in [1.29, 1.82) is 0 Å². The molecule has 1 rings (SSSR count). The lowest BCUT2D eigenvalue weighted by Crippen LogP contribution is -1.99. The minimum absolute atomic E-state index is 0.0607. The number of nitrogens with zero attached hydrogens (tertiary/aromatic N) is 1. The molecule has 1 aromatic rings. The van der Waals surface area contributed by atoms with Crippen LogP contribution in [0.25, 0.3) is 6.08 Å². The van der Waals surface area contributed by atoms with Gasteiger partial charge >= 0.3 is 0 Å². The van der Waals surface area contributed by atoms with E-state index >= 15 is 0 Å². The zero-order chi connectivity index (χ0) is 13.4. The van der Waals surface area contributed by atoms with E-state index in [1.54, 1.807) is 6.92 Å². The number of hydrogen-bond donors (Lipinski definition) is 0. The quantitative estimate of drug-likeness (QED) is 0.582. The normalized spacial score (nSPS) is 12.3. The van der Waals surface area contributed by atoms with Gasteiger partial charge in [-0.2, -0.15) is 0 Å². The number of carbonyl (C=O) groups excluding carboxylic acids is 1. The highest BCUT2D eigenvalue weighted by molar-refractivity contribution is 5.97. The van der Waals surface area contributed by atoms with E-state index in [4.69, 9.17) is 0 Å². The predicted octanol–water partition coefficient (Wildman–Crippen LogP) is 3.29. The van der Waals surface area contributed by atoms with E-state index in [0.29, 0.717) is 5.57 Å². The van der Waals surface area contributed by atoms with Gasteiger partial charge in [0.1, 0.15) is 0 Å². The van der Waals surface area contributed by atoms with Crippen LogP contribution in [0.5, 0.6) is 0 Å². The molecule has 0 heterocycles. The summed E-state index contributed by atoms with van der Waals surface area (Å²) in [7, 11) is 3.88. The second kappa shape index (κ2) is 7.28. The van der Waals surface area contributed by atoms with Gasteiger partial charge in [-0.15, -0.1) is 0 Å². The Balaban J connectivity index is 2.81. The average Bonchev–Trinajstić information content (AvgIpc) is 2.34. The molecule has 0 aliphatic rings. The highest BCUT2D eigenvalue weighted by Gasteiger charge is 1.97. The molecule has 0 saturated heterocycles. The van der Waals surface area contributed by atoms with Gasteiger partial charge in [0.15, 0.2) is 5.78 Å². The van der Waals surface area contributed by atoms with E-state index in [1.807, 2.05) is 79.8 Å². The Bertz CT molecular complexity index is 467. The topological polar surface area (TPSA) is 20.3 Å². The monoisotopic (exact) mass is 241 g/mol. The van der Waals surface area contributed by atoms with E-state index < -0.39 is 0 Å². The summed E-state index contributed by atoms with van der Waals surface area (Å²) in [6, 6.07) is 9.93. The summed E-state index contributed by atoms with van der Waals surface area (Å²) in [5.41, 5.74) is 1.78. The van der Waals surface area contributed by atoms with Crippen LogP contribution < -0.4 is 0 Å². The van der Waals surface area contributed by atoms with E-state index in [2.05, 4.69) is 0 Å². The number of allylic oxidation sites excluding steroid dienone is 4. The van der Waals surface area contributed by atoms with Gasteiger partial charge in [-0.1, -0.05) is 42.5 Å². The maximum absolute atomic E-state index is 11.5. The largest absolute Gasteiger partial charge is 0.383 e. The third-order valence-corrected chi connectivity index (χ3v) is 2.32. The molecule has 0 aromatic heterocycles. The van der Waals surface area contributed by atoms with Crippen molar-refractivity contribution in [3.8, 4) is 0 Å². The van der Waals surface area contributed by atoms with Crippen molar-refractivity contribution in [2.24, 2.45) is 0 Å². The molecular weight excluding hydrogens is 222 g/mol. The zero-order valence-electron chi connectivity index (χ0n) is 11.1. The van der Waals surface area contributed by atoms with Gasteiger partial charge in [-0.05, 0) is 30.8 Å². The van der Waals surface area contributed by atoms with Crippen molar-refractivity contribution in [1.82, 2.24) is 4.90 Å². The Morgan fingerprint density at radius 2 is 1.83 bits per heavy atom. The van der Waals surface area contributed by atoms with Gasteiger partial charge in [-0.3, -0.25) is 4.79 Å². The summed E-state index contributed by atoms with van der Waals surface area (Å²) in [5.74, 6) is 0.0607. The fourth-order valence-electron chi connectivity index (χ4n) is 1.36. The molecule has 0 fully saturated rings. The van der Waals surface area contributed by atoms with E-state index in [1.165, 1.54) is 0 Å². The van der Waals surface area contributed by atoms with Crippen LogP contribution in [0.4, 0.5) is 0 Å². The molecule has 2 heteroatoms. The Hall–Kier alpha value is -2.09. The average molecular weight is 241 g/mol. The smallest absolute Gasteiger partial charge is 0.159 e. The van der Waals surface area contributed by atoms with Crippen LogP contribution in [0, 0.1) is 0 Å². The van der Waals surface area contributed by atoms with Crippen LogP contribution in [0.15, 0.2) is 60.3 Å². The first-order valence-corrected chi connectivity index (χ1v) is 5.88. The van der Waals surface area contributed by atoms with Crippen molar-refractivity contribution in [3.05, 3.63) is 65.9 Å². The summed E-state index contributed by atoms with van der Waals surface area (Å²) in [6.45, 7) is 1.57. The Morgan fingerprint density at radius 1 is 1.17 bits per heavy atom. The third kappa shape index (κ3) is 5.30. The number of rotatable bonds is 5. The number of ketones is 1. The van der Waals surface area contributed by atoms with Crippen LogP contribution in [0.2, 0.25) is 0 Å². The fraction of sp³-hybridized carbons (Fsp3) is 0.188. The van der Waals surface area contributed by atoms with Crippen LogP contribution in [-0.2, 0) is 4.79 Å². The van der Waals surface area contributed by atoms with Crippen LogP contribution in [0.1, 0.15) is 12.5 Å². The molecule has 0 bridgehead atoms. The summed E-state index contributed by atoms with van der Waals surface area (Å²) < 4.78 is 0. The summed E-state index contributed by atoms with van der Waals surface area (Å²) >= 11 is 0. The molecule has 18 heavy (non-hydrogen) atoms. The van der Waals surface area contributed by atoms with Crippen molar-refractivity contribution in [2.75, 3.05) is 14.1 Å². The number of hydrogen-bond acceptors (Lipinski definition) is 2. The number of benzene rings is 1. The minimum Gasteiger partial charge on any atom is -0.383 e. The molecule has 0 aliphatic heterocycles. The van der Waals surface area contributed by atoms with Gasteiger partial charge in [0.25, 0.3) is 0 Å². The zero-order valence-corrected chi connectivity index (χ0v) is 11.1. The van der Waals surface area contributed by atoms with Crippen molar-refractivity contribution in [2.45, 2.75) is 6.92 Å². The standard InChI is InChI=1S/C16H19NO/c1-14(18)16(10-7-13-17(2)3)12-11-15-8-5-4-6-9-15/h4-13H,1-3H3/b12-11+,13-7+,16-10+. The lowest BCUT2D eigenvalue weighted by molar-refractivity contribution is -0.113. The number of carbonyl (C=O) groups is 1. The summed E-state index contributed by atoms with van der Waals surface area (Å²) in [4.78, 5) is 13.4. The molecule has 0 unspecified atom stereocenters. The molecular formula is C16H19NO. The van der Waals surface area contributed by atoms with Crippen molar-refractivity contribution < 1.29 is 4.79 Å². The highest BCUT2D eigenvalue weighted by atomic mass is 16.1. The minimum atomic E-state index is 0.0607. The molecule has 0 N–H and O–H groups in total. The highest BCUT2D eigenvalue weighted by Crippen LogP contribution is 2.06. The Morgan fingerprint density at radius 3 is 2.39 bits per heavy atom. The second-order valence-corrected chi connectivity index (χ2v) is 4.23. The molecule has 0 atom stereocenters. The van der Waals surface area contributed by atoms with Crippen LogP contribution >= 0.6 is 0 Å². The van der Waals surface area contributed by atoms with E-state index in [0.717, 1.165) is 5.56 Å². The summed E-state index contributed by atoms with van der Waals surface area (Å²) in [5, 5.41) is 0. The van der Waals surface area contributed by atoms with Gasteiger partial charge in [0.05, 0.1) is 0 Å². The van der Waals surface area contributed by atoms with Crippen LogP contribution in [-0.4, -0.2) is 24.8 Å². The lowest BCUT2D eigenvalue weighted by atomic mass is 10.1. The first kappa shape index (κ1) is 14.0. The molecule has 0 spiro atoms. The van der Waals surface area contributed by atoms with Gasteiger partial charge in [-0.25, -0.2) is 0 Å². The van der Waals surface area contributed by atoms with Crippen molar-refractivity contribution >= 4 is 11.9 Å². The fourth-order valence-corrected chi connectivity index (χ4v) is 1.36. The van der Waals surface area contributed by atoms with E-state index in [9.17, 15) is 4.79 Å². The van der Waals surface area contributed by atoms with Gasteiger partial charge in [0, 0.05) is 19.7 Å².